The molecule has 2 aromatic rings. The van der Waals surface area contributed by atoms with Crippen LogP contribution in [0.4, 0.5) is 5.69 Å². The number of hydrogen-bond acceptors (Lipinski definition) is 2. The molecular formula is C18H19NO. The monoisotopic (exact) mass is 265 g/mol. The minimum Gasteiger partial charge on any atom is -0.493 e. The summed E-state index contributed by atoms with van der Waals surface area (Å²) in [6.07, 6.45) is 0. The Bertz CT molecular complexity index is 662. The molecule has 0 aromatic heterocycles. The van der Waals surface area contributed by atoms with Gasteiger partial charge in [-0.25, -0.2) is 0 Å². The molecule has 0 fully saturated rings. The Morgan fingerprint density at radius 1 is 1.05 bits per heavy atom. The van der Waals surface area contributed by atoms with Crippen LogP contribution in [0, 0.1) is 5.92 Å². The van der Waals surface area contributed by atoms with E-state index in [2.05, 4.69) is 61.6 Å². The highest BCUT2D eigenvalue weighted by molar-refractivity contribution is 5.60. The van der Waals surface area contributed by atoms with E-state index in [0.29, 0.717) is 12.0 Å². The number of nitrogens with one attached hydrogen (secondary N) is 1. The van der Waals surface area contributed by atoms with E-state index < -0.39 is 0 Å². The third-order valence-corrected chi connectivity index (χ3v) is 4.93. The molecular weight excluding hydrogens is 246 g/mol. The number of anilines is 1. The second-order valence-corrected chi connectivity index (χ2v) is 6.34. The molecule has 1 N–H and O–H groups in total. The molecule has 102 valence electrons. The van der Waals surface area contributed by atoms with Crippen LogP contribution < -0.4 is 10.1 Å². The van der Waals surface area contributed by atoms with E-state index in [-0.39, 0.29) is 5.41 Å². The van der Waals surface area contributed by atoms with Crippen molar-refractivity contribution in [3.63, 3.8) is 0 Å². The molecule has 2 nitrogen and oxygen atoms in total. The summed E-state index contributed by atoms with van der Waals surface area (Å²) >= 11 is 0. The number of hydrogen-bond donors (Lipinski definition) is 1. The SMILES string of the molecule is CC1(C)c2ccccc2N[C@H]2c3ccccc3OC[C@H]21. The topological polar surface area (TPSA) is 21.3 Å². The van der Waals surface area contributed by atoms with Crippen LogP contribution in [0.3, 0.4) is 0 Å². The summed E-state index contributed by atoms with van der Waals surface area (Å²) < 4.78 is 6.00. The first kappa shape index (κ1) is 11.8. The van der Waals surface area contributed by atoms with Gasteiger partial charge in [-0.2, -0.15) is 0 Å². The van der Waals surface area contributed by atoms with E-state index >= 15 is 0 Å². The molecule has 0 saturated carbocycles. The van der Waals surface area contributed by atoms with Gasteiger partial charge in [0.2, 0.25) is 0 Å². The molecule has 0 radical (unpaired) electrons. The fourth-order valence-electron chi connectivity index (χ4n) is 3.70. The van der Waals surface area contributed by atoms with E-state index in [1.54, 1.807) is 0 Å². The summed E-state index contributed by atoms with van der Waals surface area (Å²) in [5, 5.41) is 3.73. The van der Waals surface area contributed by atoms with Gasteiger partial charge < -0.3 is 10.1 Å². The van der Waals surface area contributed by atoms with Crippen molar-refractivity contribution < 1.29 is 4.74 Å². The molecule has 0 unspecified atom stereocenters. The summed E-state index contributed by atoms with van der Waals surface area (Å²) in [4.78, 5) is 0. The minimum atomic E-state index is 0.111. The van der Waals surface area contributed by atoms with Crippen molar-refractivity contribution >= 4 is 5.69 Å². The van der Waals surface area contributed by atoms with Crippen LogP contribution in [0.15, 0.2) is 48.5 Å². The van der Waals surface area contributed by atoms with Crippen molar-refractivity contribution in [3.8, 4) is 5.75 Å². The molecule has 2 aliphatic heterocycles. The van der Waals surface area contributed by atoms with E-state index in [4.69, 9.17) is 4.74 Å². The van der Waals surface area contributed by atoms with Crippen LogP contribution in [0.2, 0.25) is 0 Å². The van der Waals surface area contributed by atoms with Crippen LogP contribution in [0.5, 0.6) is 5.75 Å². The van der Waals surface area contributed by atoms with E-state index in [0.717, 1.165) is 12.4 Å². The fourth-order valence-corrected chi connectivity index (χ4v) is 3.70. The molecule has 4 rings (SSSR count). The van der Waals surface area contributed by atoms with Crippen molar-refractivity contribution in [2.75, 3.05) is 11.9 Å². The highest BCUT2D eigenvalue weighted by Gasteiger charge is 2.45. The highest BCUT2D eigenvalue weighted by Crippen LogP contribution is 2.51. The quantitative estimate of drug-likeness (QED) is 0.773. The van der Waals surface area contributed by atoms with Gasteiger partial charge >= 0.3 is 0 Å². The molecule has 2 heterocycles. The number of ether oxygens (including phenoxy) is 1. The van der Waals surface area contributed by atoms with Crippen LogP contribution in [-0.4, -0.2) is 6.61 Å². The van der Waals surface area contributed by atoms with Gasteiger partial charge in [0.05, 0.1) is 12.6 Å². The normalized spacial score (nSPS) is 25.5. The number of benzene rings is 2. The smallest absolute Gasteiger partial charge is 0.124 e. The van der Waals surface area contributed by atoms with Gasteiger partial charge in [-0.15, -0.1) is 0 Å². The molecule has 0 saturated heterocycles. The molecule has 2 heteroatoms. The standard InChI is InChI=1S/C18H19NO/c1-18(2)13-8-4-5-9-15(13)19-17-12-7-3-6-10-16(12)20-11-14(17)18/h3-10,14,17,19H,11H2,1-2H3/t14-,17+/m1/s1. The summed E-state index contributed by atoms with van der Waals surface area (Å²) in [6, 6.07) is 17.4. The summed E-state index contributed by atoms with van der Waals surface area (Å²) in [5.41, 5.74) is 4.05. The van der Waals surface area contributed by atoms with E-state index in [1.807, 2.05) is 6.07 Å². The Morgan fingerprint density at radius 2 is 1.80 bits per heavy atom. The zero-order valence-electron chi connectivity index (χ0n) is 11.9. The summed E-state index contributed by atoms with van der Waals surface area (Å²) in [6.45, 7) is 5.44. The van der Waals surface area contributed by atoms with Crippen molar-refractivity contribution in [1.29, 1.82) is 0 Å². The van der Waals surface area contributed by atoms with Crippen LogP contribution >= 0.6 is 0 Å². The Morgan fingerprint density at radius 3 is 2.70 bits per heavy atom. The van der Waals surface area contributed by atoms with Gasteiger partial charge in [0.1, 0.15) is 5.75 Å². The fraction of sp³-hybridized carbons (Fsp3) is 0.333. The Balaban J connectivity index is 1.88. The lowest BCUT2D eigenvalue weighted by Crippen LogP contribution is -2.46. The average molecular weight is 265 g/mol. The van der Waals surface area contributed by atoms with Crippen molar-refractivity contribution in [2.24, 2.45) is 5.92 Å². The molecule has 0 spiro atoms. The molecule has 2 atom stereocenters. The van der Waals surface area contributed by atoms with Crippen LogP contribution in [0.1, 0.15) is 31.0 Å². The first-order valence-electron chi connectivity index (χ1n) is 7.26. The maximum atomic E-state index is 6.00. The predicted octanol–water partition coefficient (Wildman–Crippen LogP) is 4.14. The lowest BCUT2D eigenvalue weighted by Gasteiger charge is -2.48. The van der Waals surface area contributed by atoms with Gasteiger partial charge in [0.15, 0.2) is 0 Å². The van der Waals surface area contributed by atoms with Gasteiger partial charge in [-0.3, -0.25) is 0 Å². The maximum absolute atomic E-state index is 6.00. The summed E-state index contributed by atoms with van der Waals surface area (Å²) in [5.74, 6) is 1.48. The Labute approximate surface area is 119 Å². The van der Waals surface area contributed by atoms with Crippen molar-refractivity contribution in [2.45, 2.75) is 25.3 Å². The number of para-hydroxylation sites is 2. The van der Waals surface area contributed by atoms with Gasteiger partial charge in [0, 0.05) is 22.6 Å². The zero-order chi connectivity index (χ0) is 13.7. The predicted molar refractivity (Wildman–Crippen MR) is 81.3 cm³/mol. The average Bonchev–Trinajstić information content (AvgIpc) is 2.47. The maximum Gasteiger partial charge on any atom is 0.124 e. The zero-order valence-corrected chi connectivity index (χ0v) is 11.9. The largest absolute Gasteiger partial charge is 0.493 e. The molecule has 0 aliphatic carbocycles. The van der Waals surface area contributed by atoms with E-state index in [1.165, 1.54) is 16.8 Å². The number of rotatable bonds is 0. The molecule has 20 heavy (non-hydrogen) atoms. The Kier molecular flexibility index (Phi) is 2.38. The molecule has 2 aromatic carbocycles. The van der Waals surface area contributed by atoms with Crippen molar-refractivity contribution in [1.82, 2.24) is 0 Å². The van der Waals surface area contributed by atoms with Crippen LogP contribution in [-0.2, 0) is 5.41 Å². The van der Waals surface area contributed by atoms with Gasteiger partial charge in [-0.1, -0.05) is 50.2 Å². The molecule has 0 bridgehead atoms. The lowest BCUT2D eigenvalue weighted by molar-refractivity contribution is 0.136. The second kappa shape index (κ2) is 4.02. The van der Waals surface area contributed by atoms with E-state index in [9.17, 15) is 0 Å². The molecule has 2 aliphatic rings. The number of fused-ring (bicyclic) bond motifs is 4. The van der Waals surface area contributed by atoms with Gasteiger partial charge in [-0.05, 0) is 17.7 Å². The minimum absolute atomic E-state index is 0.111. The first-order valence-corrected chi connectivity index (χ1v) is 7.26. The third kappa shape index (κ3) is 1.51. The van der Waals surface area contributed by atoms with Gasteiger partial charge in [0.25, 0.3) is 0 Å². The first-order chi connectivity index (χ1) is 9.68. The van der Waals surface area contributed by atoms with Crippen LogP contribution in [0.25, 0.3) is 0 Å². The second-order valence-electron chi connectivity index (χ2n) is 6.34. The lowest BCUT2D eigenvalue weighted by atomic mass is 9.65. The Hall–Kier alpha value is -1.96. The highest BCUT2D eigenvalue weighted by atomic mass is 16.5. The molecule has 0 amide bonds. The third-order valence-electron chi connectivity index (χ3n) is 4.93. The summed E-state index contributed by atoms with van der Waals surface area (Å²) in [7, 11) is 0. The van der Waals surface area contributed by atoms with Crippen molar-refractivity contribution in [3.05, 3.63) is 59.7 Å².